The maximum absolute atomic E-state index is 12.0. The standard InChI is InChI=1S/C14H25BrN2O3/c1-14(2,3)20-13(19)17-9-5-6-11(10-17)16-12(18)7-4-8-15/h11H,4-10H2,1-3H3,(H,16,18). The molecule has 0 aromatic carbocycles. The molecule has 1 heterocycles. The monoisotopic (exact) mass is 348 g/mol. The number of nitrogens with zero attached hydrogens (tertiary/aromatic N) is 1. The first-order chi connectivity index (χ1) is 9.31. The van der Waals surface area contributed by atoms with E-state index in [1.807, 2.05) is 20.8 Å². The lowest BCUT2D eigenvalue weighted by molar-refractivity contribution is -0.122. The molecular weight excluding hydrogens is 324 g/mol. The van der Waals surface area contributed by atoms with Gasteiger partial charge in [0.2, 0.25) is 5.91 Å². The molecule has 0 aliphatic carbocycles. The van der Waals surface area contributed by atoms with E-state index in [-0.39, 0.29) is 18.0 Å². The molecule has 1 unspecified atom stereocenters. The van der Waals surface area contributed by atoms with Gasteiger partial charge in [0.05, 0.1) is 0 Å². The summed E-state index contributed by atoms with van der Waals surface area (Å²) in [6.07, 6.45) is 2.86. The second kappa shape index (κ2) is 7.86. The lowest BCUT2D eigenvalue weighted by Crippen LogP contribution is -2.50. The first-order valence-corrected chi connectivity index (χ1v) is 8.27. The summed E-state index contributed by atoms with van der Waals surface area (Å²) in [5, 5.41) is 3.82. The minimum absolute atomic E-state index is 0.0408. The molecule has 0 spiro atoms. The Balaban J connectivity index is 2.42. The van der Waals surface area contributed by atoms with Gasteiger partial charge in [0.1, 0.15) is 5.60 Å². The Morgan fingerprint density at radius 1 is 1.40 bits per heavy atom. The lowest BCUT2D eigenvalue weighted by atomic mass is 10.1. The molecule has 6 heteroatoms. The number of ether oxygens (including phenoxy) is 1. The van der Waals surface area contributed by atoms with E-state index in [4.69, 9.17) is 4.74 Å². The van der Waals surface area contributed by atoms with Gasteiger partial charge in [-0.05, 0) is 40.0 Å². The summed E-state index contributed by atoms with van der Waals surface area (Å²) in [7, 11) is 0. The highest BCUT2D eigenvalue weighted by Gasteiger charge is 2.28. The third-order valence-corrected chi connectivity index (χ3v) is 3.54. The van der Waals surface area contributed by atoms with Crippen molar-refractivity contribution in [2.75, 3.05) is 18.4 Å². The van der Waals surface area contributed by atoms with Crippen molar-refractivity contribution in [3.63, 3.8) is 0 Å². The fourth-order valence-electron chi connectivity index (χ4n) is 2.11. The Bertz CT molecular complexity index is 342. The van der Waals surface area contributed by atoms with Gasteiger partial charge in [0.15, 0.2) is 0 Å². The molecule has 1 aliphatic heterocycles. The summed E-state index contributed by atoms with van der Waals surface area (Å²) < 4.78 is 5.36. The zero-order valence-electron chi connectivity index (χ0n) is 12.6. The minimum atomic E-state index is -0.483. The van der Waals surface area contributed by atoms with Gasteiger partial charge in [0, 0.05) is 30.9 Å². The van der Waals surface area contributed by atoms with Crippen LogP contribution in [0.4, 0.5) is 4.79 Å². The number of halogens is 1. The first kappa shape index (κ1) is 17.3. The molecule has 1 N–H and O–H groups in total. The molecule has 1 saturated heterocycles. The van der Waals surface area contributed by atoms with Crippen molar-refractivity contribution < 1.29 is 14.3 Å². The van der Waals surface area contributed by atoms with Gasteiger partial charge in [-0.15, -0.1) is 0 Å². The van der Waals surface area contributed by atoms with Gasteiger partial charge in [-0.25, -0.2) is 4.79 Å². The molecule has 0 radical (unpaired) electrons. The Morgan fingerprint density at radius 2 is 2.10 bits per heavy atom. The molecule has 1 aliphatic rings. The summed E-state index contributed by atoms with van der Waals surface area (Å²) in [5.41, 5.74) is -0.483. The van der Waals surface area contributed by atoms with Crippen LogP contribution >= 0.6 is 15.9 Å². The Hall–Kier alpha value is -0.780. The molecule has 20 heavy (non-hydrogen) atoms. The summed E-state index contributed by atoms with van der Waals surface area (Å²) in [6.45, 7) is 6.80. The predicted octanol–water partition coefficient (Wildman–Crippen LogP) is 2.68. The molecular formula is C14H25BrN2O3. The van der Waals surface area contributed by atoms with Crippen LogP contribution < -0.4 is 5.32 Å². The minimum Gasteiger partial charge on any atom is -0.444 e. The molecule has 0 bridgehead atoms. The number of nitrogens with one attached hydrogen (secondary N) is 1. The average molecular weight is 349 g/mol. The highest BCUT2D eigenvalue weighted by atomic mass is 79.9. The fourth-order valence-corrected chi connectivity index (χ4v) is 2.39. The first-order valence-electron chi connectivity index (χ1n) is 7.15. The fraction of sp³-hybridized carbons (Fsp3) is 0.857. The van der Waals surface area contributed by atoms with Crippen LogP contribution in [0.25, 0.3) is 0 Å². The molecule has 0 aromatic heterocycles. The third kappa shape index (κ3) is 6.59. The molecule has 1 atom stereocenters. The van der Waals surface area contributed by atoms with Crippen molar-refractivity contribution >= 4 is 27.9 Å². The van der Waals surface area contributed by atoms with Crippen LogP contribution in [0, 0.1) is 0 Å². The smallest absolute Gasteiger partial charge is 0.410 e. The number of carbonyl (C=O) groups is 2. The van der Waals surface area contributed by atoms with E-state index in [0.29, 0.717) is 19.5 Å². The summed E-state index contributed by atoms with van der Waals surface area (Å²) in [6, 6.07) is 0.0408. The second-order valence-corrected chi connectivity index (χ2v) is 6.92. The topological polar surface area (TPSA) is 58.6 Å². The quantitative estimate of drug-likeness (QED) is 0.794. The highest BCUT2D eigenvalue weighted by molar-refractivity contribution is 9.09. The normalized spacial score (nSPS) is 19.6. The summed E-state index contributed by atoms with van der Waals surface area (Å²) in [4.78, 5) is 25.4. The molecule has 116 valence electrons. The third-order valence-electron chi connectivity index (χ3n) is 2.98. The highest BCUT2D eigenvalue weighted by Crippen LogP contribution is 2.15. The molecule has 0 aromatic rings. The number of amides is 2. The summed E-state index contributed by atoms with van der Waals surface area (Å²) >= 11 is 3.31. The molecule has 1 fully saturated rings. The van der Waals surface area contributed by atoms with E-state index in [2.05, 4.69) is 21.2 Å². The average Bonchev–Trinajstić information content (AvgIpc) is 2.34. The summed E-state index contributed by atoms with van der Waals surface area (Å²) in [5.74, 6) is 0.0560. The zero-order chi connectivity index (χ0) is 15.2. The zero-order valence-corrected chi connectivity index (χ0v) is 14.2. The van der Waals surface area contributed by atoms with Crippen LogP contribution in [0.5, 0.6) is 0 Å². The van der Waals surface area contributed by atoms with Crippen molar-refractivity contribution in [1.82, 2.24) is 10.2 Å². The molecule has 2 amide bonds. The molecule has 5 nitrogen and oxygen atoms in total. The largest absolute Gasteiger partial charge is 0.444 e. The van der Waals surface area contributed by atoms with Crippen molar-refractivity contribution in [3.8, 4) is 0 Å². The van der Waals surface area contributed by atoms with Gasteiger partial charge < -0.3 is 15.0 Å². The number of carbonyl (C=O) groups excluding carboxylic acids is 2. The van der Waals surface area contributed by atoms with Gasteiger partial charge >= 0.3 is 6.09 Å². The van der Waals surface area contributed by atoms with E-state index >= 15 is 0 Å². The van der Waals surface area contributed by atoms with Crippen molar-refractivity contribution in [1.29, 1.82) is 0 Å². The van der Waals surface area contributed by atoms with Crippen LogP contribution in [0.2, 0.25) is 0 Å². The Kier molecular flexibility index (Phi) is 6.79. The number of hydrogen-bond acceptors (Lipinski definition) is 3. The van der Waals surface area contributed by atoms with Crippen molar-refractivity contribution in [2.45, 2.75) is 58.1 Å². The van der Waals surface area contributed by atoms with Crippen LogP contribution in [0.15, 0.2) is 0 Å². The maximum Gasteiger partial charge on any atom is 0.410 e. The molecule has 0 saturated carbocycles. The van der Waals surface area contributed by atoms with Crippen molar-refractivity contribution in [3.05, 3.63) is 0 Å². The lowest BCUT2D eigenvalue weighted by Gasteiger charge is -2.34. The maximum atomic E-state index is 12.0. The molecule has 1 rings (SSSR count). The van der Waals surface area contributed by atoms with Crippen molar-refractivity contribution in [2.24, 2.45) is 0 Å². The number of hydrogen-bond donors (Lipinski definition) is 1. The van der Waals surface area contributed by atoms with Crippen LogP contribution in [-0.4, -0.2) is 47.0 Å². The van der Waals surface area contributed by atoms with Crippen LogP contribution in [0.1, 0.15) is 46.5 Å². The van der Waals surface area contributed by atoms with E-state index in [1.165, 1.54) is 0 Å². The number of rotatable bonds is 4. The van der Waals surface area contributed by atoms with E-state index in [0.717, 1.165) is 24.6 Å². The van der Waals surface area contributed by atoms with E-state index < -0.39 is 5.60 Å². The second-order valence-electron chi connectivity index (χ2n) is 6.13. The Labute approximate surface area is 129 Å². The van der Waals surface area contributed by atoms with Gasteiger partial charge in [-0.1, -0.05) is 15.9 Å². The van der Waals surface area contributed by atoms with Crippen LogP contribution in [0.3, 0.4) is 0 Å². The van der Waals surface area contributed by atoms with Gasteiger partial charge in [-0.3, -0.25) is 4.79 Å². The SMILES string of the molecule is CC(C)(C)OC(=O)N1CCCC(NC(=O)CCCBr)C1. The van der Waals surface area contributed by atoms with Gasteiger partial charge in [0.25, 0.3) is 0 Å². The van der Waals surface area contributed by atoms with Crippen LogP contribution in [-0.2, 0) is 9.53 Å². The van der Waals surface area contributed by atoms with E-state index in [9.17, 15) is 9.59 Å². The van der Waals surface area contributed by atoms with E-state index in [1.54, 1.807) is 4.90 Å². The predicted molar refractivity (Wildman–Crippen MR) is 82.0 cm³/mol. The number of piperidine rings is 1. The number of likely N-dealkylation sites (tertiary alicyclic amines) is 1. The Morgan fingerprint density at radius 3 is 2.70 bits per heavy atom. The number of alkyl halides is 1. The van der Waals surface area contributed by atoms with Gasteiger partial charge in [-0.2, -0.15) is 0 Å².